The van der Waals surface area contributed by atoms with Crippen molar-refractivity contribution in [1.82, 2.24) is 5.32 Å². The monoisotopic (exact) mass is 289 g/mol. The molecule has 3 rings (SSSR count). The highest BCUT2D eigenvalue weighted by molar-refractivity contribution is 5.17. The van der Waals surface area contributed by atoms with E-state index < -0.39 is 0 Å². The molecule has 1 aromatic carbocycles. The van der Waals surface area contributed by atoms with Gasteiger partial charge in [0.15, 0.2) is 0 Å². The Morgan fingerprint density at radius 2 is 2.10 bits per heavy atom. The molecule has 2 fully saturated rings. The van der Waals surface area contributed by atoms with Gasteiger partial charge in [-0.15, -0.1) is 0 Å². The first-order chi connectivity index (χ1) is 10.3. The molecule has 2 N–H and O–H groups in total. The van der Waals surface area contributed by atoms with Crippen molar-refractivity contribution in [2.45, 2.75) is 57.2 Å². The summed E-state index contributed by atoms with van der Waals surface area (Å²) in [4.78, 5) is 0. The van der Waals surface area contributed by atoms with Crippen LogP contribution in [0.3, 0.4) is 0 Å². The molecule has 0 saturated heterocycles. The zero-order valence-corrected chi connectivity index (χ0v) is 12.9. The highest BCUT2D eigenvalue weighted by Gasteiger charge is 2.58. The standard InChI is InChI=1S/C18H27NO2/c1-2-21-17-12-16(18(17)9-6-10-18)19-15(13-20)11-14-7-4-3-5-8-14/h3-5,7-8,15-17,19-20H,2,6,9-13H2,1H3/t15-,16?,17?/m0/s1. The molecule has 3 nitrogen and oxygen atoms in total. The second-order valence-corrected chi connectivity index (χ2v) is 6.55. The predicted octanol–water partition coefficient (Wildman–Crippen LogP) is 2.53. The minimum Gasteiger partial charge on any atom is -0.395 e. The summed E-state index contributed by atoms with van der Waals surface area (Å²) in [6, 6.07) is 11.1. The molecular weight excluding hydrogens is 262 g/mol. The molecule has 2 aliphatic rings. The van der Waals surface area contributed by atoms with E-state index in [1.54, 1.807) is 0 Å². The minimum atomic E-state index is 0.150. The van der Waals surface area contributed by atoms with E-state index in [2.05, 4.69) is 36.5 Å². The molecule has 0 amide bonds. The van der Waals surface area contributed by atoms with Gasteiger partial charge in [-0.2, -0.15) is 0 Å². The fourth-order valence-corrected chi connectivity index (χ4v) is 4.03. The van der Waals surface area contributed by atoms with Gasteiger partial charge in [0.2, 0.25) is 0 Å². The number of ether oxygens (including phenoxy) is 1. The van der Waals surface area contributed by atoms with E-state index >= 15 is 0 Å². The van der Waals surface area contributed by atoms with Crippen LogP contribution in [0.25, 0.3) is 0 Å². The van der Waals surface area contributed by atoms with Crippen molar-refractivity contribution in [3.05, 3.63) is 35.9 Å². The van der Waals surface area contributed by atoms with Gasteiger partial charge in [-0.1, -0.05) is 36.8 Å². The molecule has 0 heterocycles. The molecule has 0 aliphatic heterocycles. The quantitative estimate of drug-likeness (QED) is 0.810. The van der Waals surface area contributed by atoms with Crippen molar-refractivity contribution >= 4 is 0 Å². The summed E-state index contributed by atoms with van der Waals surface area (Å²) in [6.07, 6.45) is 6.30. The first-order valence-corrected chi connectivity index (χ1v) is 8.31. The third-order valence-electron chi connectivity index (χ3n) is 5.42. The Labute approximate surface area is 127 Å². The number of hydrogen-bond acceptors (Lipinski definition) is 3. The highest BCUT2D eigenvalue weighted by Crippen LogP contribution is 2.57. The van der Waals surface area contributed by atoms with Crippen LogP contribution in [0.5, 0.6) is 0 Å². The normalized spacial score (nSPS) is 27.9. The molecule has 21 heavy (non-hydrogen) atoms. The molecule has 3 atom stereocenters. The topological polar surface area (TPSA) is 41.5 Å². The molecule has 0 bridgehead atoms. The minimum absolute atomic E-state index is 0.150. The molecule has 3 heteroatoms. The maximum atomic E-state index is 9.69. The third kappa shape index (κ3) is 2.87. The number of aliphatic hydroxyl groups is 1. The van der Waals surface area contributed by atoms with Crippen LogP contribution in [0, 0.1) is 5.41 Å². The van der Waals surface area contributed by atoms with Crippen molar-refractivity contribution in [2.24, 2.45) is 5.41 Å². The van der Waals surface area contributed by atoms with E-state index in [1.807, 2.05) is 6.07 Å². The number of hydrogen-bond donors (Lipinski definition) is 2. The van der Waals surface area contributed by atoms with Crippen LogP contribution in [0.15, 0.2) is 30.3 Å². The van der Waals surface area contributed by atoms with Gasteiger partial charge in [0, 0.05) is 24.1 Å². The Morgan fingerprint density at radius 1 is 1.33 bits per heavy atom. The van der Waals surface area contributed by atoms with Gasteiger partial charge in [0.1, 0.15) is 0 Å². The third-order valence-corrected chi connectivity index (χ3v) is 5.42. The van der Waals surface area contributed by atoms with E-state index in [4.69, 9.17) is 4.74 Å². The van der Waals surface area contributed by atoms with Gasteiger partial charge >= 0.3 is 0 Å². The van der Waals surface area contributed by atoms with Gasteiger partial charge in [-0.05, 0) is 38.2 Å². The Hall–Kier alpha value is -0.900. The molecule has 1 aromatic rings. The van der Waals surface area contributed by atoms with Crippen LogP contribution < -0.4 is 5.32 Å². The lowest BCUT2D eigenvalue weighted by Gasteiger charge is -2.61. The van der Waals surface area contributed by atoms with E-state index in [0.717, 1.165) is 19.4 Å². The number of nitrogens with one attached hydrogen (secondary N) is 1. The second-order valence-electron chi connectivity index (χ2n) is 6.55. The number of aliphatic hydroxyl groups excluding tert-OH is 1. The van der Waals surface area contributed by atoms with Gasteiger partial charge in [-0.3, -0.25) is 0 Å². The molecule has 1 spiro atoms. The Morgan fingerprint density at radius 3 is 2.67 bits per heavy atom. The van der Waals surface area contributed by atoms with Crippen molar-refractivity contribution < 1.29 is 9.84 Å². The van der Waals surface area contributed by atoms with E-state index in [9.17, 15) is 5.11 Å². The lowest BCUT2D eigenvalue weighted by Crippen LogP contribution is -2.68. The predicted molar refractivity (Wildman–Crippen MR) is 84.3 cm³/mol. The highest BCUT2D eigenvalue weighted by atomic mass is 16.5. The van der Waals surface area contributed by atoms with Gasteiger partial charge in [0.25, 0.3) is 0 Å². The van der Waals surface area contributed by atoms with E-state index in [-0.39, 0.29) is 12.6 Å². The zero-order chi connectivity index (χ0) is 14.7. The summed E-state index contributed by atoms with van der Waals surface area (Å²) >= 11 is 0. The van der Waals surface area contributed by atoms with Crippen LogP contribution >= 0.6 is 0 Å². The van der Waals surface area contributed by atoms with Crippen molar-refractivity contribution in [1.29, 1.82) is 0 Å². The molecule has 0 aromatic heterocycles. The van der Waals surface area contributed by atoms with E-state index in [1.165, 1.54) is 24.8 Å². The van der Waals surface area contributed by atoms with Crippen LogP contribution in [0.4, 0.5) is 0 Å². The summed E-state index contributed by atoms with van der Waals surface area (Å²) < 4.78 is 5.90. The lowest BCUT2D eigenvalue weighted by atomic mass is 9.51. The average molecular weight is 289 g/mol. The van der Waals surface area contributed by atoms with Crippen LogP contribution in [0.2, 0.25) is 0 Å². The number of rotatable bonds is 7. The zero-order valence-electron chi connectivity index (χ0n) is 12.9. The summed E-state index contributed by atoms with van der Waals surface area (Å²) in [7, 11) is 0. The van der Waals surface area contributed by atoms with Gasteiger partial charge < -0.3 is 15.2 Å². The fourth-order valence-electron chi connectivity index (χ4n) is 4.03. The molecule has 2 aliphatic carbocycles. The molecule has 116 valence electrons. The van der Waals surface area contributed by atoms with Crippen molar-refractivity contribution in [3.8, 4) is 0 Å². The largest absolute Gasteiger partial charge is 0.395 e. The molecule has 0 radical (unpaired) electrons. The van der Waals surface area contributed by atoms with Gasteiger partial charge in [-0.25, -0.2) is 0 Å². The molecule has 2 unspecified atom stereocenters. The van der Waals surface area contributed by atoms with Crippen LogP contribution in [0.1, 0.15) is 38.2 Å². The summed E-state index contributed by atoms with van der Waals surface area (Å²) in [5.74, 6) is 0. The SMILES string of the molecule is CCOC1CC(N[C@H](CO)Cc2ccccc2)C12CCC2. The fraction of sp³-hybridized carbons (Fsp3) is 0.667. The Balaban J connectivity index is 1.57. The Kier molecular flexibility index (Phi) is 4.63. The average Bonchev–Trinajstić information content (AvgIpc) is 2.44. The van der Waals surface area contributed by atoms with Crippen molar-refractivity contribution in [2.75, 3.05) is 13.2 Å². The lowest BCUT2D eigenvalue weighted by molar-refractivity contribution is -0.175. The Bertz CT molecular complexity index is 444. The van der Waals surface area contributed by atoms with Crippen molar-refractivity contribution in [3.63, 3.8) is 0 Å². The summed E-state index contributed by atoms with van der Waals surface area (Å²) in [5.41, 5.74) is 1.65. The summed E-state index contributed by atoms with van der Waals surface area (Å²) in [5, 5.41) is 13.4. The molecular formula is C18H27NO2. The van der Waals surface area contributed by atoms with Crippen LogP contribution in [-0.4, -0.2) is 36.5 Å². The maximum Gasteiger partial charge on any atom is 0.0661 e. The second kappa shape index (κ2) is 6.47. The first-order valence-electron chi connectivity index (χ1n) is 8.31. The van der Waals surface area contributed by atoms with E-state index in [0.29, 0.717) is 17.6 Å². The molecule has 2 saturated carbocycles. The van der Waals surface area contributed by atoms with Gasteiger partial charge in [0.05, 0.1) is 12.7 Å². The first kappa shape index (κ1) is 15.0. The smallest absolute Gasteiger partial charge is 0.0661 e. The maximum absolute atomic E-state index is 9.69. The van der Waals surface area contributed by atoms with Crippen LogP contribution in [-0.2, 0) is 11.2 Å². The number of benzene rings is 1. The summed E-state index contributed by atoms with van der Waals surface area (Å²) in [6.45, 7) is 3.09.